The number of carbonyl (C=O) groups excluding carboxylic acids is 1. The molecule has 174 valence electrons. The summed E-state index contributed by atoms with van der Waals surface area (Å²) in [6.07, 6.45) is 8.75. The van der Waals surface area contributed by atoms with Crippen molar-refractivity contribution in [3.63, 3.8) is 0 Å². The first-order valence-electron chi connectivity index (χ1n) is 11.4. The molecular formula is C24H29BrN6O2. The number of ether oxygens (including phenoxy) is 1. The Balaban J connectivity index is 1.45. The molecule has 0 spiro atoms. The predicted molar refractivity (Wildman–Crippen MR) is 132 cm³/mol. The Bertz CT molecular complexity index is 1200. The summed E-state index contributed by atoms with van der Waals surface area (Å²) in [6, 6.07) is 3.97. The minimum absolute atomic E-state index is 0.0149. The van der Waals surface area contributed by atoms with E-state index in [4.69, 9.17) is 15.5 Å². The number of halogens is 1. The lowest BCUT2D eigenvalue weighted by atomic mass is 9.81. The van der Waals surface area contributed by atoms with Gasteiger partial charge in [-0.3, -0.25) is 9.20 Å². The van der Waals surface area contributed by atoms with Crippen molar-refractivity contribution >= 4 is 38.9 Å². The second kappa shape index (κ2) is 8.85. The van der Waals surface area contributed by atoms with Crippen molar-refractivity contribution in [3.8, 4) is 5.75 Å². The highest BCUT2D eigenvalue weighted by Crippen LogP contribution is 2.45. The minimum atomic E-state index is -0.0149. The lowest BCUT2D eigenvalue weighted by molar-refractivity contribution is -0.119. The van der Waals surface area contributed by atoms with Gasteiger partial charge in [0.2, 0.25) is 5.91 Å². The van der Waals surface area contributed by atoms with Crippen LogP contribution in [-0.2, 0) is 11.2 Å². The summed E-state index contributed by atoms with van der Waals surface area (Å²) in [4.78, 5) is 20.8. The van der Waals surface area contributed by atoms with Crippen LogP contribution in [0.1, 0.15) is 61.6 Å². The maximum atomic E-state index is 11.3. The first-order valence-corrected chi connectivity index (χ1v) is 12.2. The maximum absolute atomic E-state index is 11.3. The molecule has 2 aromatic heterocycles. The molecule has 1 saturated carbocycles. The fourth-order valence-electron chi connectivity index (χ4n) is 5.28. The molecule has 4 N–H and O–H groups in total. The Hall–Kier alpha value is -2.81. The zero-order valence-corrected chi connectivity index (χ0v) is 20.5. The average molecular weight is 513 g/mol. The van der Waals surface area contributed by atoms with E-state index in [2.05, 4.69) is 35.9 Å². The normalized spacial score (nSPS) is 22.1. The molecule has 0 bridgehead atoms. The second-order valence-electron chi connectivity index (χ2n) is 9.05. The highest BCUT2D eigenvalue weighted by Gasteiger charge is 2.33. The van der Waals surface area contributed by atoms with E-state index >= 15 is 0 Å². The van der Waals surface area contributed by atoms with Crippen LogP contribution >= 0.6 is 15.9 Å². The van der Waals surface area contributed by atoms with Gasteiger partial charge in [0.05, 0.1) is 24.5 Å². The van der Waals surface area contributed by atoms with Crippen LogP contribution in [0, 0.1) is 5.92 Å². The Morgan fingerprint density at radius 1 is 1.33 bits per heavy atom. The van der Waals surface area contributed by atoms with Crippen molar-refractivity contribution in [1.82, 2.24) is 19.7 Å². The van der Waals surface area contributed by atoms with Gasteiger partial charge in [-0.15, -0.1) is 0 Å². The number of imidazole rings is 1. The number of hydrogen-bond donors (Lipinski definition) is 3. The number of nitrogen functional groups attached to an aromatic ring is 1. The number of benzene rings is 1. The first kappa shape index (κ1) is 22.0. The van der Waals surface area contributed by atoms with Crippen molar-refractivity contribution in [2.24, 2.45) is 5.92 Å². The van der Waals surface area contributed by atoms with Gasteiger partial charge >= 0.3 is 0 Å². The number of nitrogens with zero attached hydrogens (tertiary/aromatic N) is 3. The molecule has 3 aromatic rings. The molecule has 1 amide bonds. The van der Waals surface area contributed by atoms with E-state index in [1.807, 2.05) is 18.3 Å². The van der Waals surface area contributed by atoms with Crippen LogP contribution < -0.4 is 21.1 Å². The third kappa shape index (κ3) is 4.03. The number of aromatic nitrogens is 3. The molecule has 1 fully saturated rings. The van der Waals surface area contributed by atoms with E-state index in [0.717, 1.165) is 71.6 Å². The fourth-order valence-corrected chi connectivity index (χ4v) is 5.77. The monoisotopic (exact) mass is 512 g/mol. The molecule has 1 unspecified atom stereocenters. The standard InChI is InChI=1S/C24H29BrN6O2/c1-13(32)28-12-14-3-5-15(6-4-14)24-30-21(22-23(26)27-9-10-31(22)24)18-11-16-17(25)7-8-19(33-2)20(16)29-18/h7-10,14-15,18,29H,3-6,11-12H2,1-2H3,(H2,26,27)(H,28,32). The number of fused-ring (bicyclic) bond motifs is 2. The molecule has 8 nitrogen and oxygen atoms in total. The average Bonchev–Trinajstić information content (AvgIpc) is 3.42. The molecule has 9 heteroatoms. The van der Waals surface area contributed by atoms with Crippen LogP contribution in [0.3, 0.4) is 0 Å². The number of carbonyl (C=O) groups is 1. The highest BCUT2D eigenvalue weighted by molar-refractivity contribution is 9.10. The van der Waals surface area contributed by atoms with Crippen molar-refractivity contribution in [2.75, 3.05) is 24.7 Å². The summed E-state index contributed by atoms with van der Waals surface area (Å²) in [5.74, 6) is 3.29. The molecule has 2 aliphatic rings. The summed E-state index contributed by atoms with van der Waals surface area (Å²) in [5.41, 5.74) is 10.4. The van der Waals surface area contributed by atoms with Crippen LogP contribution in [0.15, 0.2) is 29.0 Å². The van der Waals surface area contributed by atoms with E-state index in [-0.39, 0.29) is 11.9 Å². The molecule has 33 heavy (non-hydrogen) atoms. The SMILES string of the molecule is COc1ccc(Br)c2c1NC(c1nc(C3CCC(CNC(C)=O)CC3)n3ccnc(N)c13)C2. The molecule has 1 atom stereocenters. The van der Waals surface area contributed by atoms with E-state index < -0.39 is 0 Å². The molecule has 0 saturated heterocycles. The largest absolute Gasteiger partial charge is 0.495 e. The van der Waals surface area contributed by atoms with Crippen molar-refractivity contribution in [1.29, 1.82) is 0 Å². The summed E-state index contributed by atoms with van der Waals surface area (Å²) < 4.78 is 8.77. The quantitative estimate of drug-likeness (QED) is 0.472. The first-order chi connectivity index (χ1) is 16.0. The lowest BCUT2D eigenvalue weighted by Gasteiger charge is -2.27. The van der Waals surface area contributed by atoms with Gasteiger partial charge in [0.25, 0.3) is 0 Å². The van der Waals surface area contributed by atoms with E-state index in [0.29, 0.717) is 17.7 Å². The summed E-state index contributed by atoms with van der Waals surface area (Å²) >= 11 is 3.69. The Morgan fingerprint density at radius 2 is 2.12 bits per heavy atom. The molecule has 5 rings (SSSR count). The van der Waals surface area contributed by atoms with Gasteiger partial charge in [-0.25, -0.2) is 9.97 Å². The second-order valence-corrected chi connectivity index (χ2v) is 9.90. The smallest absolute Gasteiger partial charge is 0.216 e. The number of nitrogens with one attached hydrogen (secondary N) is 2. The predicted octanol–water partition coefficient (Wildman–Crippen LogP) is 4.20. The molecule has 1 aliphatic heterocycles. The van der Waals surface area contributed by atoms with Gasteiger partial charge in [0.1, 0.15) is 22.9 Å². The van der Waals surface area contributed by atoms with E-state index in [9.17, 15) is 4.79 Å². The molecule has 3 heterocycles. The zero-order valence-electron chi connectivity index (χ0n) is 18.9. The number of nitrogens with two attached hydrogens (primary N) is 1. The fraction of sp³-hybridized carbons (Fsp3) is 0.458. The topological polar surface area (TPSA) is 107 Å². The number of methoxy groups -OCH3 is 1. The molecule has 1 aliphatic carbocycles. The van der Waals surface area contributed by atoms with E-state index in [1.54, 1.807) is 20.2 Å². The number of anilines is 2. The van der Waals surface area contributed by atoms with Crippen LogP contribution in [0.2, 0.25) is 0 Å². The van der Waals surface area contributed by atoms with Gasteiger partial charge < -0.3 is 21.1 Å². The lowest BCUT2D eigenvalue weighted by Crippen LogP contribution is -2.29. The maximum Gasteiger partial charge on any atom is 0.216 e. The number of rotatable bonds is 5. The van der Waals surface area contributed by atoms with Gasteiger partial charge in [-0.1, -0.05) is 15.9 Å². The van der Waals surface area contributed by atoms with E-state index in [1.165, 1.54) is 5.56 Å². The summed E-state index contributed by atoms with van der Waals surface area (Å²) in [5, 5.41) is 6.59. The molecule has 1 aromatic carbocycles. The Kier molecular flexibility index (Phi) is 5.90. The van der Waals surface area contributed by atoms with Crippen LogP contribution in [-0.4, -0.2) is 33.9 Å². The van der Waals surface area contributed by atoms with Crippen molar-refractivity contribution in [2.45, 2.75) is 51.0 Å². The van der Waals surface area contributed by atoms with Crippen molar-refractivity contribution < 1.29 is 9.53 Å². The summed E-state index contributed by atoms with van der Waals surface area (Å²) in [6.45, 7) is 2.33. The van der Waals surface area contributed by atoms with Gasteiger partial charge in [-0.2, -0.15) is 0 Å². The summed E-state index contributed by atoms with van der Waals surface area (Å²) in [7, 11) is 1.69. The molecule has 0 radical (unpaired) electrons. The van der Waals surface area contributed by atoms with Crippen LogP contribution in [0.5, 0.6) is 5.75 Å². The highest BCUT2D eigenvalue weighted by atomic mass is 79.9. The third-order valence-electron chi connectivity index (χ3n) is 6.98. The minimum Gasteiger partial charge on any atom is -0.495 e. The molecular weight excluding hydrogens is 484 g/mol. The van der Waals surface area contributed by atoms with Gasteiger partial charge in [0.15, 0.2) is 0 Å². The number of hydrogen-bond acceptors (Lipinski definition) is 6. The Morgan fingerprint density at radius 3 is 2.85 bits per heavy atom. The van der Waals surface area contributed by atoms with Gasteiger partial charge in [-0.05, 0) is 49.3 Å². The van der Waals surface area contributed by atoms with Crippen LogP contribution in [0.4, 0.5) is 11.5 Å². The van der Waals surface area contributed by atoms with Crippen molar-refractivity contribution in [3.05, 3.63) is 46.1 Å². The van der Waals surface area contributed by atoms with Crippen LogP contribution in [0.25, 0.3) is 5.52 Å². The zero-order chi connectivity index (χ0) is 23.1. The number of amides is 1. The van der Waals surface area contributed by atoms with Gasteiger partial charge in [0, 0.05) is 42.7 Å². The third-order valence-corrected chi connectivity index (χ3v) is 7.73. The Labute approximate surface area is 201 Å².